The molecule has 0 amide bonds. The van der Waals surface area contributed by atoms with Crippen molar-refractivity contribution >= 4 is 26.6 Å². The maximum atomic E-state index is 12.4. The molecule has 20 heavy (non-hydrogen) atoms. The molecule has 0 spiro atoms. The SMILES string of the molecule is CCC(CCO)NS(=O)(=O)c1c[nH]c2cc(N)ccc12. The lowest BCUT2D eigenvalue weighted by Gasteiger charge is -2.15. The van der Waals surface area contributed by atoms with Crippen LogP contribution in [0.4, 0.5) is 5.69 Å². The molecule has 0 fully saturated rings. The van der Waals surface area contributed by atoms with Crippen molar-refractivity contribution in [3.8, 4) is 0 Å². The van der Waals surface area contributed by atoms with Crippen LogP contribution >= 0.6 is 0 Å². The molecule has 1 unspecified atom stereocenters. The molecule has 1 heterocycles. The summed E-state index contributed by atoms with van der Waals surface area (Å²) in [6.45, 7) is 1.82. The standard InChI is InChI=1S/C13H19N3O3S/c1-2-10(5-6-17)16-20(18,19)13-8-15-12-7-9(14)3-4-11(12)13/h3-4,7-8,10,15-17H,2,5-6,14H2,1H3. The molecule has 1 aromatic heterocycles. The first kappa shape index (κ1) is 14.8. The Morgan fingerprint density at radius 2 is 2.20 bits per heavy atom. The number of nitrogens with two attached hydrogens (primary N) is 1. The summed E-state index contributed by atoms with van der Waals surface area (Å²) in [7, 11) is -3.62. The summed E-state index contributed by atoms with van der Waals surface area (Å²) in [5.74, 6) is 0. The van der Waals surface area contributed by atoms with Crippen LogP contribution in [0.3, 0.4) is 0 Å². The van der Waals surface area contributed by atoms with Gasteiger partial charge >= 0.3 is 0 Å². The smallest absolute Gasteiger partial charge is 0.242 e. The zero-order valence-corrected chi connectivity index (χ0v) is 12.1. The number of fused-ring (bicyclic) bond motifs is 1. The number of nitrogens with one attached hydrogen (secondary N) is 2. The molecule has 2 rings (SSSR count). The van der Waals surface area contributed by atoms with E-state index < -0.39 is 10.0 Å². The van der Waals surface area contributed by atoms with Gasteiger partial charge in [0.15, 0.2) is 0 Å². The first-order chi connectivity index (χ1) is 9.47. The van der Waals surface area contributed by atoms with E-state index in [4.69, 9.17) is 10.8 Å². The number of aliphatic hydroxyl groups is 1. The largest absolute Gasteiger partial charge is 0.399 e. The van der Waals surface area contributed by atoms with Crippen LogP contribution in [0.25, 0.3) is 10.9 Å². The number of hydrogen-bond acceptors (Lipinski definition) is 4. The monoisotopic (exact) mass is 297 g/mol. The Morgan fingerprint density at radius 1 is 1.45 bits per heavy atom. The highest BCUT2D eigenvalue weighted by molar-refractivity contribution is 7.89. The molecule has 0 aliphatic rings. The van der Waals surface area contributed by atoms with Crippen molar-refractivity contribution in [2.45, 2.75) is 30.7 Å². The second-order valence-corrected chi connectivity index (χ2v) is 6.38. The lowest BCUT2D eigenvalue weighted by Crippen LogP contribution is -2.34. The highest BCUT2D eigenvalue weighted by Crippen LogP contribution is 2.24. The highest BCUT2D eigenvalue weighted by Gasteiger charge is 2.22. The molecule has 6 nitrogen and oxygen atoms in total. The number of aliphatic hydroxyl groups excluding tert-OH is 1. The van der Waals surface area contributed by atoms with Crippen LogP contribution in [0.1, 0.15) is 19.8 Å². The minimum atomic E-state index is -3.62. The lowest BCUT2D eigenvalue weighted by atomic mass is 10.2. The van der Waals surface area contributed by atoms with Crippen molar-refractivity contribution in [1.82, 2.24) is 9.71 Å². The average molecular weight is 297 g/mol. The Labute approximate surface area is 118 Å². The van der Waals surface area contributed by atoms with Crippen LogP contribution in [0.5, 0.6) is 0 Å². The van der Waals surface area contributed by atoms with E-state index in [-0.39, 0.29) is 17.5 Å². The topological polar surface area (TPSA) is 108 Å². The lowest BCUT2D eigenvalue weighted by molar-refractivity contribution is 0.270. The van der Waals surface area contributed by atoms with Gasteiger partial charge in [-0.3, -0.25) is 0 Å². The number of aromatic nitrogens is 1. The quantitative estimate of drug-likeness (QED) is 0.600. The fourth-order valence-corrected chi connectivity index (χ4v) is 3.66. The molecule has 0 aliphatic carbocycles. The van der Waals surface area contributed by atoms with Gasteiger partial charge in [-0.1, -0.05) is 6.92 Å². The maximum absolute atomic E-state index is 12.4. The van der Waals surface area contributed by atoms with Crippen LogP contribution in [0, 0.1) is 0 Å². The van der Waals surface area contributed by atoms with E-state index in [2.05, 4.69) is 9.71 Å². The van der Waals surface area contributed by atoms with E-state index in [9.17, 15) is 8.42 Å². The number of rotatable bonds is 6. The van der Waals surface area contributed by atoms with Gasteiger partial charge in [-0.05, 0) is 31.0 Å². The summed E-state index contributed by atoms with van der Waals surface area (Å²) in [5, 5.41) is 9.54. The Hall–Kier alpha value is -1.57. The van der Waals surface area contributed by atoms with Crippen molar-refractivity contribution in [2.75, 3.05) is 12.3 Å². The summed E-state index contributed by atoms with van der Waals surface area (Å²) in [5.41, 5.74) is 6.92. The van der Waals surface area contributed by atoms with E-state index in [1.807, 2.05) is 6.92 Å². The number of aromatic amines is 1. The van der Waals surface area contributed by atoms with Crippen molar-refractivity contribution in [2.24, 2.45) is 0 Å². The van der Waals surface area contributed by atoms with E-state index in [0.29, 0.717) is 29.4 Å². The Bertz CT molecular complexity index is 694. The van der Waals surface area contributed by atoms with Gasteiger partial charge in [-0.2, -0.15) is 0 Å². The van der Waals surface area contributed by atoms with Crippen LogP contribution in [-0.4, -0.2) is 31.2 Å². The second kappa shape index (κ2) is 5.82. The van der Waals surface area contributed by atoms with Crippen molar-refractivity contribution in [3.05, 3.63) is 24.4 Å². The van der Waals surface area contributed by atoms with Crippen molar-refractivity contribution in [3.63, 3.8) is 0 Å². The number of nitrogen functional groups attached to an aromatic ring is 1. The van der Waals surface area contributed by atoms with Crippen LogP contribution < -0.4 is 10.5 Å². The molecule has 0 bridgehead atoms. The number of hydrogen-bond donors (Lipinski definition) is 4. The van der Waals surface area contributed by atoms with Gasteiger partial charge in [0.25, 0.3) is 0 Å². The van der Waals surface area contributed by atoms with Gasteiger partial charge in [-0.25, -0.2) is 13.1 Å². The molecule has 1 atom stereocenters. The molecular formula is C13H19N3O3S. The summed E-state index contributed by atoms with van der Waals surface area (Å²) < 4.78 is 27.4. The zero-order chi connectivity index (χ0) is 14.8. The highest BCUT2D eigenvalue weighted by atomic mass is 32.2. The number of H-pyrrole nitrogens is 1. The summed E-state index contributed by atoms with van der Waals surface area (Å²) in [4.78, 5) is 3.11. The molecule has 1 aromatic carbocycles. The fraction of sp³-hybridized carbons (Fsp3) is 0.385. The van der Waals surface area contributed by atoms with E-state index >= 15 is 0 Å². The van der Waals surface area contributed by atoms with Crippen LogP contribution in [0.2, 0.25) is 0 Å². The van der Waals surface area contributed by atoms with E-state index in [1.54, 1.807) is 18.2 Å². The second-order valence-electron chi connectivity index (χ2n) is 4.70. The molecule has 5 N–H and O–H groups in total. The molecule has 7 heteroatoms. The van der Waals surface area contributed by atoms with E-state index in [1.165, 1.54) is 6.20 Å². The fourth-order valence-electron chi connectivity index (χ4n) is 2.12. The van der Waals surface area contributed by atoms with Gasteiger partial charge in [0.2, 0.25) is 10.0 Å². The predicted molar refractivity (Wildman–Crippen MR) is 78.8 cm³/mol. The third kappa shape index (κ3) is 2.95. The van der Waals surface area contributed by atoms with Gasteiger partial charge in [-0.15, -0.1) is 0 Å². The van der Waals surface area contributed by atoms with Crippen molar-refractivity contribution < 1.29 is 13.5 Å². The molecule has 0 saturated carbocycles. The Balaban J connectivity index is 2.36. The molecule has 2 aromatic rings. The van der Waals surface area contributed by atoms with Gasteiger partial charge in [0.1, 0.15) is 4.90 Å². The normalized spacial score (nSPS) is 13.7. The number of sulfonamides is 1. The number of benzene rings is 1. The van der Waals surface area contributed by atoms with Crippen molar-refractivity contribution in [1.29, 1.82) is 0 Å². The molecule has 110 valence electrons. The minimum absolute atomic E-state index is 0.0502. The molecule has 0 radical (unpaired) electrons. The summed E-state index contributed by atoms with van der Waals surface area (Å²) >= 11 is 0. The number of anilines is 1. The van der Waals surface area contributed by atoms with Gasteiger partial charge in [0.05, 0.1) is 0 Å². The summed E-state index contributed by atoms with van der Waals surface area (Å²) in [6.07, 6.45) is 2.47. The minimum Gasteiger partial charge on any atom is -0.399 e. The molecule has 0 aliphatic heterocycles. The van der Waals surface area contributed by atoms with Crippen LogP contribution in [0.15, 0.2) is 29.3 Å². The summed E-state index contributed by atoms with van der Waals surface area (Å²) in [6, 6.07) is 4.77. The first-order valence-corrected chi connectivity index (χ1v) is 7.96. The zero-order valence-electron chi connectivity index (χ0n) is 11.3. The third-order valence-corrected chi connectivity index (χ3v) is 4.81. The van der Waals surface area contributed by atoms with Gasteiger partial charge < -0.3 is 15.8 Å². The molecule has 0 saturated heterocycles. The predicted octanol–water partition coefficient (Wildman–Crippen LogP) is 1.19. The van der Waals surface area contributed by atoms with Crippen LogP contribution in [-0.2, 0) is 10.0 Å². The first-order valence-electron chi connectivity index (χ1n) is 6.47. The molecular weight excluding hydrogens is 278 g/mol. The third-order valence-electron chi connectivity index (χ3n) is 3.25. The average Bonchev–Trinajstić information content (AvgIpc) is 2.81. The Kier molecular flexibility index (Phi) is 4.32. The maximum Gasteiger partial charge on any atom is 0.242 e. The van der Waals surface area contributed by atoms with E-state index in [0.717, 1.165) is 0 Å². The van der Waals surface area contributed by atoms with Gasteiger partial charge in [0, 0.05) is 35.4 Å². The Morgan fingerprint density at radius 3 is 2.85 bits per heavy atom.